The first-order valence-electron chi connectivity index (χ1n) is 10.1. The molecule has 0 aliphatic rings. The summed E-state index contributed by atoms with van der Waals surface area (Å²) in [5, 5.41) is 0. The topological polar surface area (TPSA) is 26.0 Å². The number of benzene rings is 1. The van der Waals surface area contributed by atoms with Crippen LogP contribution in [0, 0.1) is 0 Å². The Labute approximate surface area is 155 Å². The molecule has 1 rings (SSSR count). The summed E-state index contributed by atoms with van der Waals surface area (Å²) in [5.74, 6) is 0. The molecule has 136 valence electrons. The molecule has 2 heteroatoms. The van der Waals surface area contributed by atoms with Crippen molar-refractivity contribution < 1.29 is 0 Å². The summed E-state index contributed by atoms with van der Waals surface area (Å²) in [5.41, 5.74) is 8.05. The van der Waals surface area contributed by atoms with E-state index in [0.717, 1.165) is 12.0 Å². The molecule has 0 saturated heterocycles. The van der Waals surface area contributed by atoms with Gasteiger partial charge in [0.25, 0.3) is 0 Å². The van der Waals surface area contributed by atoms with E-state index in [-0.39, 0.29) is 0 Å². The minimum absolute atomic E-state index is 0.502. The highest BCUT2D eigenvalue weighted by Crippen LogP contribution is 2.14. The van der Waals surface area contributed by atoms with Crippen molar-refractivity contribution in [1.82, 2.24) is 0 Å². The maximum Gasteiger partial charge on any atom is 0.103 e. The van der Waals surface area contributed by atoms with E-state index < -0.39 is 0 Å². The first-order chi connectivity index (χ1) is 11.7. The van der Waals surface area contributed by atoms with Gasteiger partial charge in [0.2, 0.25) is 0 Å². The molecule has 2 N–H and O–H groups in total. The van der Waals surface area contributed by atoms with Crippen LogP contribution in [0.5, 0.6) is 0 Å². The van der Waals surface area contributed by atoms with Crippen LogP contribution in [0.3, 0.4) is 0 Å². The lowest BCUT2D eigenvalue weighted by molar-refractivity contribution is 0.539. The third kappa shape index (κ3) is 10.8. The van der Waals surface area contributed by atoms with E-state index in [1.807, 2.05) is 6.07 Å². The van der Waals surface area contributed by atoms with Crippen LogP contribution in [0.1, 0.15) is 102 Å². The molecule has 0 atom stereocenters. The van der Waals surface area contributed by atoms with E-state index in [2.05, 4.69) is 25.1 Å². The van der Waals surface area contributed by atoms with Crippen LogP contribution in [-0.4, -0.2) is 4.99 Å². The maximum atomic E-state index is 5.69. The molecule has 0 heterocycles. The molecule has 0 unspecified atom stereocenters. The van der Waals surface area contributed by atoms with E-state index in [4.69, 9.17) is 18.0 Å². The minimum Gasteiger partial charge on any atom is -0.389 e. The molecule has 24 heavy (non-hydrogen) atoms. The van der Waals surface area contributed by atoms with E-state index in [1.165, 1.54) is 89.0 Å². The average molecular weight is 348 g/mol. The highest BCUT2D eigenvalue weighted by molar-refractivity contribution is 7.80. The second-order valence-electron chi connectivity index (χ2n) is 7.06. The molecule has 0 radical (unpaired) electrons. The van der Waals surface area contributed by atoms with Gasteiger partial charge in [0.1, 0.15) is 4.99 Å². The zero-order valence-corrected chi connectivity index (χ0v) is 16.5. The van der Waals surface area contributed by atoms with Crippen LogP contribution in [0.15, 0.2) is 24.3 Å². The van der Waals surface area contributed by atoms with E-state index in [1.54, 1.807) is 0 Å². The van der Waals surface area contributed by atoms with Gasteiger partial charge in [-0.2, -0.15) is 0 Å². The minimum atomic E-state index is 0.502. The van der Waals surface area contributed by atoms with Crippen molar-refractivity contribution in [2.24, 2.45) is 5.73 Å². The van der Waals surface area contributed by atoms with Gasteiger partial charge in [-0.3, -0.25) is 0 Å². The molecule has 0 aliphatic carbocycles. The van der Waals surface area contributed by atoms with Gasteiger partial charge < -0.3 is 5.73 Å². The predicted octanol–water partition coefficient (Wildman–Crippen LogP) is 6.95. The highest BCUT2D eigenvalue weighted by Gasteiger charge is 1.99. The quantitative estimate of drug-likeness (QED) is 0.274. The summed E-state index contributed by atoms with van der Waals surface area (Å²) < 4.78 is 0. The fourth-order valence-corrected chi connectivity index (χ4v) is 3.35. The second-order valence-corrected chi connectivity index (χ2v) is 7.50. The van der Waals surface area contributed by atoms with Gasteiger partial charge in [0.05, 0.1) is 0 Å². The van der Waals surface area contributed by atoms with Crippen LogP contribution in [0.25, 0.3) is 0 Å². The Balaban J connectivity index is 1.90. The van der Waals surface area contributed by atoms with Crippen LogP contribution < -0.4 is 5.73 Å². The summed E-state index contributed by atoms with van der Waals surface area (Å²) in [6.45, 7) is 2.28. The monoisotopic (exact) mass is 347 g/mol. The van der Waals surface area contributed by atoms with Crippen molar-refractivity contribution in [1.29, 1.82) is 0 Å². The first-order valence-corrected chi connectivity index (χ1v) is 10.5. The van der Waals surface area contributed by atoms with Gasteiger partial charge in [-0.15, -0.1) is 0 Å². The molecule has 0 amide bonds. The van der Waals surface area contributed by atoms with Crippen molar-refractivity contribution in [3.63, 3.8) is 0 Å². The van der Waals surface area contributed by atoms with E-state index in [9.17, 15) is 0 Å². The molecule has 0 fully saturated rings. The number of nitrogens with two attached hydrogens (primary N) is 1. The van der Waals surface area contributed by atoms with E-state index >= 15 is 0 Å². The van der Waals surface area contributed by atoms with Gasteiger partial charge in [-0.05, 0) is 24.5 Å². The first kappa shape index (κ1) is 21.2. The molecular weight excluding hydrogens is 310 g/mol. The van der Waals surface area contributed by atoms with Crippen molar-refractivity contribution in [3.8, 4) is 0 Å². The van der Waals surface area contributed by atoms with Gasteiger partial charge in [-0.25, -0.2) is 0 Å². The third-order valence-electron chi connectivity index (χ3n) is 4.78. The normalized spacial score (nSPS) is 10.9. The summed E-state index contributed by atoms with van der Waals surface area (Å²) in [7, 11) is 0. The molecule has 0 aliphatic heterocycles. The van der Waals surface area contributed by atoms with E-state index in [0.29, 0.717) is 4.99 Å². The number of hydrogen-bond acceptors (Lipinski definition) is 1. The van der Waals surface area contributed by atoms with Crippen molar-refractivity contribution >= 4 is 17.2 Å². The van der Waals surface area contributed by atoms with Gasteiger partial charge in [0.15, 0.2) is 0 Å². The fourth-order valence-electron chi connectivity index (χ4n) is 3.23. The summed E-state index contributed by atoms with van der Waals surface area (Å²) in [4.78, 5) is 0.502. The fraction of sp³-hybridized carbons (Fsp3) is 0.682. The lowest BCUT2D eigenvalue weighted by Crippen LogP contribution is -2.09. The molecule has 1 aromatic rings. The molecular formula is C22H37NS. The molecule has 1 aromatic carbocycles. The van der Waals surface area contributed by atoms with Crippen LogP contribution in [0.2, 0.25) is 0 Å². The summed E-state index contributed by atoms with van der Waals surface area (Å²) in [6, 6.07) is 8.38. The zero-order chi connectivity index (χ0) is 17.5. The number of thiocarbonyl (C=S) groups is 1. The Morgan fingerprint density at radius 1 is 0.792 bits per heavy atom. The largest absolute Gasteiger partial charge is 0.389 e. The molecule has 0 saturated carbocycles. The maximum absolute atomic E-state index is 5.69. The average Bonchev–Trinajstić information content (AvgIpc) is 2.59. The predicted molar refractivity (Wildman–Crippen MR) is 112 cm³/mol. The SMILES string of the molecule is CCCCCCCCCCCCCCCc1cccc(C(N)=S)c1. The summed E-state index contributed by atoms with van der Waals surface area (Å²) in [6.07, 6.45) is 19.4. The smallest absolute Gasteiger partial charge is 0.103 e. The standard InChI is InChI=1S/C22H37NS/c1-2-3-4-5-6-7-8-9-10-11-12-13-14-16-20-17-15-18-21(19-20)22(23)24/h15,17-19H,2-14,16H2,1H3,(H2,23,24). The van der Waals surface area contributed by atoms with Gasteiger partial charge in [-0.1, -0.05) is 114 Å². The molecule has 0 aromatic heterocycles. The van der Waals surface area contributed by atoms with Crippen LogP contribution >= 0.6 is 12.2 Å². The van der Waals surface area contributed by atoms with Crippen molar-refractivity contribution in [2.45, 2.75) is 96.8 Å². The van der Waals surface area contributed by atoms with Gasteiger partial charge >= 0.3 is 0 Å². The van der Waals surface area contributed by atoms with Crippen LogP contribution in [-0.2, 0) is 6.42 Å². The van der Waals surface area contributed by atoms with Crippen molar-refractivity contribution in [2.75, 3.05) is 0 Å². The number of hydrogen-bond donors (Lipinski definition) is 1. The van der Waals surface area contributed by atoms with Gasteiger partial charge in [0, 0.05) is 5.56 Å². The Morgan fingerprint density at radius 3 is 1.79 bits per heavy atom. The molecule has 0 spiro atoms. The third-order valence-corrected chi connectivity index (χ3v) is 5.02. The Bertz CT molecular complexity index is 441. The summed E-state index contributed by atoms with van der Waals surface area (Å²) >= 11 is 5.04. The van der Waals surface area contributed by atoms with Crippen LogP contribution in [0.4, 0.5) is 0 Å². The Morgan fingerprint density at radius 2 is 1.29 bits per heavy atom. The number of rotatable bonds is 15. The number of aryl methyl sites for hydroxylation is 1. The zero-order valence-electron chi connectivity index (χ0n) is 15.7. The Kier molecular flexibility index (Phi) is 12.7. The molecule has 1 nitrogen and oxygen atoms in total. The lowest BCUT2D eigenvalue weighted by atomic mass is 10.0. The number of unbranched alkanes of at least 4 members (excludes halogenated alkanes) is 12. The Hall–Kier alpha value is -0.890. The van der Waals surface area contributed by atoms with Crippen molar-refractivity contribution in [3.05, 3.63) is 35.4 Å². The highest BCUT2D eigenvalue weighted by atomic mass is 32.1. The lowest BCUT2D eigenvalue weighted by Gasteiger charge is -2.05. The molecule has 0 bridgehead atoms. The second kappa shape index (κ2) is 14.5.